The number of nitrogens with zero attached hydrogens (tertiary/aromatic N) is 9. The molecule has 149 heavy (non-hydrogen) atoms. The first-order valence-corrected chi connectivity index (χ1v) is 53.9. The number of furan rings is 1. The number of benzene rings is 21. The van der Waals surface area contributed by atoms with Crippen molar-refractivity contribution in [1.82, 2.24) is 44.9 Å². The molecule has 21 aromatic carbocycles. The summed E-state index contributed by atoms with van der Waals surface area (Å²) < 4.78 is 18.2. The van der Waals surface area contributed by atoms with Gasteiger partial charge in [-0.3, -0.25) is 0 Å². The van der Waals surface area contributed by atoms with Crippen molar-refractivity contribution in [2.75, 3.05) is 0 Å². The van der Waals surface area contributed by atoms with Gasteiger partial charge < -0.3 is 4.42 Å². The Morgan fingerprint density at radius 1 is 0.168 bits per heavy atom. The molecular formula is C134H75N9OS5. The second-order valence-electron chi connectivity index (χ2n) is 38.2. The third-order valence-corrected chi connectivity index (χ3v) is 36.0. The Kier molecular flexibility index (Phi) is 19.4. The molecule has 10 nitrogen and oxygen atoms in total. The maximum absolute atomic E-state index is 6.57. The van der Waals surface area contributed by atoms with Gasteiger partial charge in [-0.25, -0.2) is 44.9 Å². The van der Waals surface area contributed by atoms with E-state index in [1.165, 1.54) is 60.7 Å². The highest BCUT2D eigenvalue weighted by molar-refractivity contribution is 7.28. The molecule has 0 radical (unpaired) electrons. The van der Waals surface area contributed by atoms with Crippen LogP contribution in [0.3, 0.4) is 0 Å². The van der Waals surface area contributed by atoms with Crippen LogP contribution in [0.1, 0.15) is 22.3 Å². The number of rotatable bonds is 15. The van der Waals surface area contributed by atoms with E-state index >= 15 is 0 Å². The largest absolute Gasteiger partial charge is 0.456 e. The van der Waals surface area contributed by atoms with E-state index in [0.717, 1.165) is 201 Å². The van der Waals surface area contributed by atoms with Gasteiger partial charge in [-0.15, -0.1) is 56.7 Å². The van der Waals surface area contributed by atoms with E-state index in [-0.39, 0.29) is 0 Å². The Hall–Kier alpha value is -18.2. The highest BCUT2D eigenvalue weighted by Gasteiger charge is 2.48. The van der Waals surface area contributed by atoms with Gasteiger partial charge in [-0.1, -0.05) is 352 Å². The quantitative estimate of drug-likeness (QED) is 0.0978. The standard InChI is InChI=1S/C134H75N9OS5/c1-2-32-81(33-3-1)134(108-55-18-12-45-97(108)119-100(51-27-56-109(119)134)129-136-126(79-67-71-117-105(73-79)91-41-16-21-60-113(91)146-117)137-131(142-129)102-53-25-49-94-89-39-14-22-61-114(89)147-122(94)102)82-68-64-76(65-69-82)80-74-106-92-42-17-23-62-115(92)148-124(106)107(75-80)133-138-125(78-66-70-116-104(72-78)90-40-15-20-59-112(90)145-116)135-127(141-133)96-44-11-9-38-88(96)85-35-6-7-36-86(85)93-48-29-63-118-121(93)99-50-26-54-103(123(99)149-118)132-140-128(95-43-10-8-37-87(95)84-47-24-31-77-30-4-5-34-83(77)84)139-130(143-132)101-52-28-58-111-120(101)98-46-13-19-57-110(98)144-111/h1-75H. The summed E-state index contributed by atoms with van der Waals surface area (Å²) in [6.45, 7) is 0. The van der Waals surface area contributed by atoms with E-state index < -0.39 is 5.41 Å². The van der Waals surface area contributed by atoms with Gasteiger partial charge in [0.05, 0.1) is 5.41 Å². The topological polar surface area (TPSA) is 129 Å². The first-order chi connectivity index (χ1) is 73.8. The van der Waals surface area contributed by atoms with Crippen molar-refractivity contribution in [2.24, 2.45) is 0 Å². The minimum absolute atomic E-state index is 0.545. The highest BCUT2D eigenvalue weighted by Crippen LogP contribution is 2.60. The van der Waals surface area contributed by atoms with E-state index in [4.69, 9.17) is 49.3 Å². The lowest BCUT2D eigenvalue weighted by Gasteiger charge is -2.34. The molecule has 1 aliphatic carbocycles. The van der Waals surface area contributed by atoms with E-state index in [9.17, 15) is 0 Å². The van der Waals surface area contributed by atoms with Crippen molar-refractivity contribution < 1.29 is 4.42 Å². The molecule has 0 N–H and O–H groups in total. The van der Waals surface area contributed by atoms with Crippen molar-refractivity contribution in [3.63, 3.8) is 0 Å². The van der Waals surface area contributed by atoms with E-state index in [2.05, 4.69) is 431 Å². The zero-order valence-electron chi connectivity index (χ0n) is 79.3. The van der Waals surface area contributed by atoms with Crippen LogP contribution in [0.4, 0.5) is 0 Å². The second kappa shape index (κ2) is 34.0. The molecule has 1 unspecified atom stereocenters. The van der Waals surface area contributed by atoms with Gasteiger partial charge >= 0.3 is 0 Å². The van der Waals surface area contributed by atoms with Gasteiger partial charge in [-0.05, 0) is 192 Å². The van der Waals surface area contributed by atoms with Crippen molar-refractivity contribution in [3.05, 3.63) is 477 Å². The molecule has 31 rings (SSSR count). The molecule has 0 bridgehead atoms. The number of para-hydroxylation sites is 1. The van der Waals surface area contributed by atoms with Gasteiger partial charge in [0.2, 0.25) is 0 Å². The van der Waals surface area contributed by atoms with Gasteiger partial charge in [0.1, 0.15) is 11.2 Å². The van der Waals surface area contributed by atoms with Gasteiger partial charge in [0, 0.05) is 162 Å². The number of hydrogen-bond acceptors (Lipinski definition) is 15. The maximum Gasteiger partial charge on any atom is 0.165 e. The summed E-state index contributed by atoms with van der Waals surface area (Å²) in [5.41, 5.74) is 23.9. The zero-order chi connectivity index (χ0) is 97.6. The lowest BCUT2D eigenvalue weighted by molar-refractivity contribution is 0.669. The summed E-state index contributed by atoms with van der Waals surface area (Å²) in [6, 6.07) is 164. The predicted molar refractivity (Wildman–Crippen MR) is 624 cm³/mol. The first-order valence-electron chi connectivity index (χ1n) is 49.8. The average molecular weight is 1990 g/mol. The van der Waals surface area contributed by atoms with Crippen LogP contribution in [-0.2, 0) is 5.41 Å². The third-order valence-electron chi connectivity index (χ3n) is 30.0. The Balaban J connectivity index is 0.557. The molecular weight excluding hydrogens is 1910 g/mol. The van der Waals surface area contributed by atoms with Gasteiger partial charge in [0.15, 0.2) is 52.4 Å². The van der Waals surface area contributed by atoms with Crippen LogP contribution in [0.15, 0.2) is 459 Å². The molecule has 692 valence electrons. The maximum atomic E-state index is 6.57. The molecule has 15 heteroatoms. The van der Waals surface area contributed by atoms with E-state index in [1.807, 2.05) is 35.6 Å². The Morgan fingerprint density at radius 2 is 0.523 bits per heavy atom. The summed E-state index contributed by atoms with van der Waals surface area (Å²) in [6.07, 6.45) is 0. The molecule has 30 aromatic rings. The van der Waals surface area contributed by atoms with Crippen LogP contribution in [0.2, 0.25) is 0 Å². The fraction of sp³-hybridized carbons (Fsp3) is 0.00746. The lowest BCUT2D eigenvalue weighted by atomic mass is 9.67. The Morgan fingerprint density at radius 3 is 1.17 bits per heavy atom. The third kappa shape index (κ3) is 13.5. The van der Waals surface area contributed by atoms with Crippen LogP contribution in [0, 0.1) is 0 Å². The Labute approximate surface area is 873 Å². The van der Waals surface area contributed by atoms with Crippen LogP contribution < -0.4 is 0 Å². The summed E-state index contributed by atoms with van der Waals surface area (Å²) in [5, 5.41) is 15.9. The number of aromatic nitrogens is 9. The molecule has 9 heterocycles. The molecule has 1 atom stereocenters. The van der Waals surface area contributed by atoms with Gasteiger partial charge in [0.25, 0.3) is 0 Å². The summed E-state index contributed by atoms with van der Waals surface area (Å²) in [4.78, 5) is 51.1. The molecule has 0 fully saturated rings. The smallest absolute Gasteiger partial charge is 0.165 e. The van der Waals surface area contributed by atoms with Gasteiger partial charge in [-0.2, -0.15) is 0 Å². The number of thiophene rings is 5. The molecule has 0 spiro atoms. The van der Waals surface area contributed by atoms with Crippen LogP contribution in [-0.4, -0.2) is 44.9 Å². The second-order valence-corrected chi connectivity index (χ2v) is 43.5. The number of fused-ring (bicyclic) bond motifs is 22. The summed E-state index contributed by atoms with van der Waals surface area (Å²) in [7, 11) is 0. The SMILES string of the molecule is c1ccc(C2(c3ccc(-c4cc(-c5nc(-c6ccc7sc8ccccc8c7c6)nc(-c6ccccc6-c6ccccc6-c6cccc7sc8c(-c9nc(-c%10ccccc%10-c%10cccc%11ccccc%10%11)nc(-c%10cccc%11oc%12ccccc%12c%10%11)n9)cccc8c67)n5)c5sc6ccccc6c5c4)cc3)c3ccccc3-c3c(-c4nc(-c5ccc6sc7ccccc7c6c5)nc(-c5cccc6c5sc5ccccc56)n4)cccc32)cc1. The Bertz CT molecular complexity index is 10900. The molecule has 0 saturated heterocycles. The lowest BCUT2D eigenvalue weighted by Crippen LogP contribution is -2.28. The van der Waals surface area contributed by atoms with E-state index in [1.54, 1.807) is 45.3 Å². The van der Waals surface area contributed by atoms with Crippen LogP contribution in [0.25, 0.3) is 292 Å². The van der Waals surface area contributed by atoms with Crippen molar-refractivity contribution in [1.29, 1.82) is 0 Å². The molecule has 9 aromatic heterocycles. The molecule has 0 amide bonds. The highest BCUT2D eigenvalue weighted by atomic mass is 32.1. The normalized spacial score (nSPS) is 13.1. The van der Waals surface area contributed by atoms with Crippen molar-refractivity contribution >= 4 is 190 Å². The fourth-order valence-electron chi connectivity index (χ4n) is 23.4. The zero-order valence-corrected chi connectivity index (χ0v) is 83.4. The first kappa shape index (κ1) is 85.2. The average Bonchev–Trinajstić information content (AvgIpc) is 1.53. The molecule has 0 aliphatic heterocycles. The molecule has 0 saturated carbocycles. The van der Waals surface area contributed by atoms with Crippen LogP contribution >= 0.6 is 56.7 Å². The summed E-state index contributed by atoms with van der Waals surface area (Å²) >= 11 is 8.93. The monoisotopic (exact) mass is 1990 g/mol. The van der Waals surface area contributed by atoms with Crippen LogP contribution in [0.5, 0.6) is 0 Å². The van der Waals surface area contributed by atoms with Crippen molar-refractivity contribution in [2.45, 2.75) is 5.41 Å². The minimum Gasteiger partial charge on any atom is -0.456 e. The van der Waals surface area contributed by atoms with E-state index in [0.29, 0.717) is 52.4 Å². The fourth-order valence-corrected chi connectivity index (χ4v) is 29.2. The molecule has 1 aliphatic rings. The number of hydrogen-bond donors (Lipinski definition) is 0. The summed E-state index contributed by atoms with van der Waals surface area (Å²) in [5.74, 6) is 5.18. The van der Waals surface area contributed by atoms with Crippen molar-refractivity contribution in [3.8, 4) is 158 Å². The predicted octanol–water partition coefficient (Wildman–Crippen LogP) is 37.2. The minimum atomic E-state index is -0.812.